The number of aromatic hydroxyl groups is 3. The molecule has 22 N–H and O–H groups in total. The average Bonchev–Trinajstić information content (AvgIpc) is 0.763. The maximum Gasteiger partial charge on any atom is 0.330 e. The number of aliphatic carboxylic acids is 1. The van der Waals surface area contributed by atoms with Gasteiger partial charge in [0.15, 0.2) is 36.2 Å². The van der Waals surface area contributed by atoms with Crippen LogP contribution >= 0.6 is 23.2 Å². The molecule has 5 aromatic rings. The van der Waals surface area contributed by atoms with Crippen molar-refractivity contribution in [2.45, 2.75) is 227 Å². The van der Waals surface area contributed by atoms with Gasteiger partial charge in [0.1, 0.15) is 89.5 Å². The maximum absolute atomic E-state index is 16.5. The molecule has 116 heavy (non-hydrogen) atoms. The first-order valence-corrected chi connectivity index (χ1v) is 38.6. The van der Waals surface area contributed by atoms with Gasteiger partial charge in [-0.3, -0.25) is 33.6 Å². The van der Waals surface area contributed by atoms with Crippen molar-refractivity contribution in [3.8, 4) is 57.1 Å². The zero-order valence-electron chi connectivity index (χ0n) is 64.4. The zero-order chi connectivity index (χ0) is 84.4. The number of nitrogens with two attached hydrogens (primary N) is 2. The van der Waals surface area contributed by atoms with Crippen molar-refractivity contribution in [1.29, 1.82) is 0 Å². The number of aliphatic hydroxyl groups excluding tert-OH is 6. The van der Waals surface area contributed by atoms with Crippen LogP contribution in [0, 0.1) is 5.92 Å². The molecule has 36 nitrogen and oxygen atoms in total. The molecule has 0 aromatic heterocycles. The monoisotopic (exact) mass is 1660 g/mol. The van der Waals surface area contributed by atoms with Crippen LogP contribution in [0.5, 0.6) is 46.0 Å². The first-order valence-electron chi connectivity index (χ1n) is 37.8. The summed E-state index contributed by atoms with van der Waals surface area (Å²) in [5.41, 5.74) is 7.16. The predicted octanol–water partition coefficient (Wildman–Crippen LogP) is 2.16. The number of benzene rings is 5. The number of rotatable bonds is 20. The second-order valence-electron chi connectivity index (χ2n) is 30.8. The molecule has 0 aliphatic carbocycles. The first-order chi connectivity index (χ1) is 54.8. The zero-order valence-corrected chi connectivity index (χ0v) is 65.9. The fourth-order valence-electron chi connectivity index (χ4n) is 15.2. The number of fused-ring (bicyclic) bond motifs is 15. The number of carboxylic acids is 1. The summed E-state index contributed by atoms with van der Waals surface area (Å²) < 4.78 is 52.5. The summed E-state index contributed by atoms with van der Waals surface area (Å²) in [6.07, 6.45) is -19.8. The van der Waals surface area contributed by atoms with Crippen LogP contribution in [-0.2, 0) is 62.0 Å². The van der Waals surface area contributed by atoms with Gasteiger partial charge in [0.2, 0.25) is 53.4 Å². The number of carbonyl (C=O) groups is 8. The number of aliphatic hydroxyl groups is 6. The highest BCUT2D eigenvalue weighted by Gasteiger charge is 2.53. The average molecular weight is 1660 g/mol. The number of nitrogens with one attached hydrogen (secondary N) is 8. The highest BCUT2D eigenvalue weighted by Crippen LogP contribution is 2.50. The Hall–Kier alpha value is -9.32. The van der Waals surface area contributed by atoms with E-state index in [1.807, 2.05) is 20.8 Å². The predicted molar refractivity (Wildman–Crippen MR) is 409 cm³/mol. The Labute approximate surface area is 675 Å². The molecule has 8 heterocycles. The molecule has 8 aliphatic heterocycles. The molecule has 13 rings (SSSR count). The largest absolute Gasteiger partial charge is 0.508 e. The molecule has 630 valence electrons. The Kier molecular flexibility index (Phi) is 27.4. The molecular formula is C78H98Cl2N10O26. The van der Waals surface area contributed by atoms with E-state index in [9.17, 15) is 65.4 Å². The maximum atomic E-state index is 16.5. The summed E-state index contributed by atoms with van der Waals surface area (Å²) >= 11 is 14.6. The minimum atomic E-state index is -2.38. The lowest BCUT2D eigenvalue weighted by atomic mass is 9.85. The van der Waals surface area contributed by atoms with Crippen LogP contribution < -0.4 is 68.2 Å². The van der Waals surface area contributed by atoms with E-state index in [-0.39, 0.29) is 58.4 Å². The van der Waals surface area contributed by atoms with Crippen molar-refractivity contribution in [3.63, 3.8) is 0 Å². The van der Waals surface area contributed by atoms with E-state index in [1.54, 1.807) is 13.8 Å². The van der Waals surface area contributed by atoms with E-state index >= 15 is 24.0 Å². The number of primary amides is 1. The smallest absolute Gasteiger partial charge is 0.330 e. The minimum Gasteiger partial charge on any atom is -0.508 e. The molecule has 3 fully saturated rings. The third-order valence-corrected chi connectivity index (χ3v) is 22.0. The fraction of sp³-hybridized carbons (Fsp3) is 0.513. The number of carbonyl (C=O) groups excluding carboxylic acids is 7. The minimum absolute atomic E-state index is 0.0993. The molecule has 0 spiro atoms. The van der Waals surface area contributed by atoms with Crippen LogP contribution in [0.3, 0.4) is 0 Å². The number of ether oxygens (including phenoxy) is 8. The lowest BCUT2D eigenvalue weighted by molar-refractivity contribution is -0.334. The topological polar surface area (TPSA) is 561 Å². The van der Waals surface area contributed by atoms with E-state index in [4.69, 9.17) is 72.6 Å². The molecule has 5 aromatic carbocycles. The number of hydrogen-bond donors (Lipinski definition) is 20. The highest BCUT2D eigenvalue weighted by atomic mass is 35.5. The van der Waals surface area contributed by atoms with Crippen molar-refractivity contribution in [1.82, 2.24) is 42.5 Å². The first kappa shape index (κ1) is 87.5. The van der Waals surface area contributed by atoms with Gasteiger partial charge in [-0.2, -0.15) is 0 Å². The Morgan fingerprint density at radius 2 is 1.29 bits per heavy atom. The van der Waals surface area contributed by atoms with Gasteiger partial charge in [-0.1, -0.05) is 75.0 Å². The van der Waals surface area contributed by atoms with Gasteiger partial charge < -0.3 is 143 Å². The molecule has 0 radical (unpaired) electrons. The second kappa shape index (κ2) is 36.3. The summed E-state index contributed by atoms with van der Waals surface area (Å²) in [6.45, 7) is 11.4. The van der Waals surface area contributed by atoms with E-state index in [2.05, 4.69) is 42.5 Å². The van der Waals surface area contributed by atoms with E-state index in [0.29, 0.717) is 6.54 Å². The Bertz CT molecular complexity index is 4530. The van der Waals surface area contributed by atoms with E-state index < -0.39 is 255 Å². The SMILES string of the molecule is CCCCCN[C@@]1(C)C[C@H](O[C@H]2[C@H](Oc3c4cc5cc3Oc3ccc(cc3Cl)[C@@H](O[C@H]3C[C@](C)(N)[C@H](O)[C@H](C)O3)[C@@H]3NC(=O)[C@H](NC(=O)[C@@H]5NC(=O)[C@H](CC(N)=O)NC(=O)[C@H](NC(=O)[C@@H](CC(C)C)NC)[C@H](O)c5ccc(c(Cl)c5)O4)c4ccc(O)c(c4)-c4c(O)cc(O)cc4[C@H](C(=O)O)NC3=O)O[C@H](CO)[C@@H](O)[C@@H]2O)O[C@@H](C)[C@H]1O. The van der Waals surface area contributed by atoms with Crippen LogP contribution in [0.4, 0.5) is 0 Å². The lowest BCUT2D eigenvalue weighted by Gasteiger charge is -2.48. The fourth-order valence-corrected chi connectivity index (χ4v) is 15.6. The summed E-state index contributed by atoms with van der Waals surface area (Å²) in [4.78, 5) is 120. The number of phenols is 3. The van der Waals surface area contributed by atoms with E-state index in [0.717, 1.165) is 67.8 Å². The van der Waals surface area contributed by atoms with Crippen LogP contribution in [0.25, 0.3) is 11.1 Å². The molecule has 38 heteroatoms. The lowest BCUT2D eigenvalue weighted by Crippen LogP contribution is -2.65. The number of hydrogen-bond acceptors (Lipinski definition) is 28. The summed E-state index contributed by atoms with van der Waals surface area (Å²) in [5, 5.41) is 136. The van der Waals surface area contributed by atoms with Crippen LogP contribution in [0.2, 0.25) is 10.0 Å². The van der Waals surface area contributed by atoms with Gasteiger partial charge in [0.05, 0.1) is 53.5 Å². The number of likely N-dealkylation sites (N-methyl/N-ethyl adjacent to an activating group) is 1. The van der Waals surface area contributed by atoms with Crippen molar-refractivity contribution >= 4 is 70.5 Å². The number of carboxylic acid groups (broad SMARTS) is 1. The quantitative estimate of drug-likeness (QED) is 0.0496. The van der Waals surface area contributed by atoms with Gasteiger partial charge in [0.25, 0.3) is 0 Å². The second-order valence-corrected chi connectivity index (χ2v) is 31.6. The van der Waals surface area contributed by atoms with Crippen molar-refractivity contribution in [2.75, 3.05) is 20.2 Å². The molecular weight excluding hydrogens is 1560 g/mol. The van der Waals surface area contributed by atoms with Crippen LogP contribution in [-0.4, -0.2) is 222 Å². The third kappa shape index (κ3) is 19.1. The van der Waals surface area contributed by atoms with Crippen LogP contribution in [0.15, 0.2) is 78.9 Å². The molecule has 0 unspecified atom stereocenters. The molecule has 7 amide bonds. The molecule has 22 atom stereocenters. The standard InChI is InChI=1S/C78H98Cl2N10O26/c1-9-10-11-18-84-78(7)29-54(110-33(5)68(78)100)115-66-63(98)62(97)51(30-91)113-76(66)116-65-49-23-37-24-50(65)112-48-17-14-36(22-42(48)80)64(114-53-28-77(6,82)67(99)32(4)109-53)60-74(106)88-58(75(107)108)40-25-38(92)26-46(94)55(40)39-20-34(12-15-45(39)93)56(71(103)90-60)87-72(104)57(37)86-70(102)44(27-52(81)95)85-73(105)59(89-69(101)43(83-8)19-31(2)3)61(96)35-13-16-47(111-49)41(79)21-35/h12-17,20-26,31-33,43-44,51,53-54,56-64,66-68,76,83-84,91-94,96-100H,9-11,18-19,27-30,82H2,1-8H3,(H2,81,95)(H,85,105)(H,86,102)(H,87,104)(H,88,106)(H,89,101)(H,90,103)(H,107,108)/t32-,33-,43+,44-,51+,53-,54-,56+,57+,58+,59+,60-,61+,62+,63-,64+,66+,67+,68+,76-,77-,78-/m0/s1. The number of amides is 7. The molecule has 8 aliphatic rings. The molecule has 3 saturated heterocycles. The van der Waals surface area contributed by atoms with Crippen molar-refractivity contribution in [2.24, 2.45) is 17.4 Å². The van der Waals surface area contributed by atoms with Crippen molar-refractivity contribution in [3.05, 3.63) is 117 Å². The molecule has 0 saturated carbocycles. The number of phenolic OH excluding ortho intramolecular Hbond substituents is 3. The molecule has 11 bridgehead atoms. The van der Waals surface area contributed by atoms with Crippen LogP contribution in [0.1, 0.15) is 152 Å². The van der Waals surface area contributed by atoms with Gasteiger partial charge >= 0.3 is 5.97 Å². The Balaban J connectivity index is 1.18. The number of unbranched alkanes of at least 4 members (excludes halogenated alkanes) is 2. The highest BCUT2D eigenvalue weighted by molar-refractivity contribution is 6.32. The summed E-state index contributed by atoms with van der Waals surface area (Å²) in [6, 6.07) is -0.254. The van der Waals surface area contributed by atoms with Gasteiger partial charge in [-0.05, 0) is 137 Å². The van der Waals surface area contributed by atoms with Gasteiger partial charge in [-0.25, -0.2) is 4.79 Å². The number of halogens is 2. The third-order valence-electron chi connectivity index (χ3n) is 21.4. The van der Waals surface area contributed by atoms with Gasteiger partial charge in [-0.15, -0.1) is 0 Å². The van der Waals surface area contributed by atoms with Crippen molar-refractivity contribution < 1.29 is 127 Å². The normalized spacial score (nSPS) is 31.2. The Morgan fingerprint density at radius 1 is 0.681 bits per heavy atom. The summed E-state index contributed by atoms with van der Waals surface area (Å²) in [5.74, 6) is -15.9. The Morgan fingerprint density at radius 3 is 1.91 bits per heavy atom. The van der Waals surface area contributed by atoms with Gasteiger partial charge in [0, 0.05) is 46.7 Å². The van der Waals surface area contributed by atoms with E-state index in [1.165, 1.54) is 51.2 Å². The summed E-state index contributed by atoms with van der Waals surface area (Å²) in [7, 11) is 1.48.